The average molecular weight is 405 g/mol. The number of amides is 1. The first-order chi connectivity index (χ1) is 13.6. The molecule has 4 rings (SSSR count). The van der Waals surface area contributed by atoms with Gasteiger partial charge >= 0.3 is 0 Å². The van der Waals surface area contributed by atoms with Crippen LogP contribution in [0.4, 0.5) is 14.5 Å². The maximum Gasteiger partial charge on any atom is 0.277 e. The summed E-state index contributed by atoms with van der Waals surface area (Å²) in [6.45, 7) is 0.222. The van der Waals surface area contributed by atoms with Gasteiger partial charge in [0.1, 0.15) is 6.61 Å². The van der Waals surface area contributed by atoms with Gasteiger partial charge in [-0.3, -0.25) is 4.79 Å². The highest BCUT2D eigenvalue weighted by Gasteiger charge is 2.27. The second-order valence-electron chi connectivity index (χ2n) is 5.74. The fourth-order valence-electron chi connectivity index (χ4n) is 2.45. The van der Waals surface area contributed by atoms with Crippen LogP contribution in [-0.4, -0.2) is 28.5 Å². The van der Waals surface area contributed by atoms with Gasteiger partial charge in [0.05, 0.1) is 5.75 Å². The van der Waals surface area contributed by atoms with E-state index in [-0.39, 0.29) is 29.2 Å². The van der Waals surface area contributed by atoms with Crippen molar-refractivity contribution in [3.63, 3.8) is 0 Å². The normalized spacial score (nSPS) is 15.3. The summed E-state index contributed by atoms with van der Waals surface area (Å²) in [6.07, 6.45) is -0.548. The van der Waals surface area contributed by atoms with Crippen LogP contribution in [0.25, 0.3) is 0 Å². The maximum atomic E-state index is 13.2. The van der Waals surface area contributed by atoms with Gasteiger partial charge in [0.2, 0.25) is 12.0 Å². The Kier molecular flexibility index (Phi) is 5.11. The summed E-state index contributed by atoms with van der Waals surface area (Å²) in [5.41, 5.74) is 0.155. The van der Waals surface area contributed by atoms with E-state index in [1.54, 1.807) is 12.1 Å². The number of thioether (sulfide) groups is 1. The monoisotopic (exact) mass is 405 g/mol. The van der Waals surface area contributed by atoms with Gasteiger partial charge in [-0.05, 0) is 24.3 Å². The highest BCUT2D eigenvalue weighted by atomic mass is 32.2. The van der Waals surface area contributed by atoms with E-state index < -0.39 is 23.6 Å². The molecule has 1 aromatic heterocycles. The number of halogens is 2. The van der Waals surface area contributed by atoms with Gasteiger partial charge < -0.3 is 19.2 Å². The van der Waals surface area contributed by atoms with E-state index in [4.69, 9.17) is 13.9 Å². The minimum absolute atomic E-state index is 0.0501. The Morgan fingerprint density at radius 3 is 2.79 bits per heavy atom. The molecule has 2 heterocycles. The zero-order chi connectivity index (χ0) is 19.5. The van der Waals surface area contributed by atoms with Crippen LogP contribution in [0.15, 0.2) is 52.1 Å². The molecule has 144 valence electrons. The summed E-state index contributed by atoms with van der Waals surface area (Å²) in [6, 6.07) is 10.3. The highest BCUT2D eigenvalue weighted by Crippen LogP contribution is 2.35. The number of carbonyl (C=O) groups excluding carboxylic acids is 1. The maximum absolute atomic E-state index is 13.2. The van der Waals surface area contributed by atoms with Crippen molar-refractivity contribution < 1.29 is 27.5 Å². The van der Waals surface area contributed by atoms with Crippen molar-refractivity contribution in [2.75, 3.05) is 17.7 Å². The van der Waals surface area contributed by atoms with Gasteiger partial charge in [-0.1, -0.05) is 23.9 Å². The van der Waals surface area contributed by atoms with E-state index in [1.165, 1.54) is 6.07 Å². The van der Waals surface area contributed by atoms with Crippen LogP contribution in [-0.2, 0) is 4.79 Å². The molecule has 1 atom stereocenters. The second kappa shape index (κ2) is 7.85. The van der Waals surface area contributed by atoms with E-state index in [2.05, 4.69) is 15.5 Å². The molecule has 1 amide bonds. The number of nitrogens with one attached hydrogen (secondary N) is 1. The third-order valence-electron chi connectivity index (χ3n) is 3.74. The smallest absolute Gasteiger partial charge is 0.277 e. The fraction of sp³-hybridized carbons (Fsp3) is 0.167. The number of aromatic nitrogens is 2. The van der Waals surface area contributed by atoms with Crippen LogP contribution in [0.2, 0.25) is 0 Å². The van der Waals surface area contributed by atoms with Crippen molar-refractivity contribution in [3.8, 4) is 11.5 Å². The first-order valence-electron chi connectivity index (χ1n) is 8.18. The summed E-state index contributed by atoms with van der Waals surface area (Å²) in [4.78, 5) is 11.9. The summed E-state index contributed by atoms with van der Waals surface area (Å²) in [5, 5.41) is 10.4. The van der Waals surface area contributed by atoms with Crippen LogP contribution in [0, 0.1) is 11.6 Å². The molecule has 0 spiro atoms. The minimum atomic E-state index is -1.04. The second-order valence-corrected chi connectivity index (χ2v) is 6.66. The standard InChI is InChI=1S/C18H13F2N3O4S/c19-11-6-5-10(7-12(11)20)21-16(24)9-28-18-23-22-17(27-18)15-8-25-13-3-1-2-4-14(13)26-15/h1-7,15H,8-9H2,(H,21,24)/t15-/m1/s1. The lowest BCUT2D eigenvalue weighted by atomic mass is 10.2. The molecule has 1 N–H and O–H groups in total. The van der Waals surface area contributed by atoms with Crippen LogP contribution in [0.3, 0.4) is 0 Å². The molecule has 1 aliphatic heterocycles. The number of fused-ring (bicyclic) bond motifs is 1. The van der Waals surface area contributed by atoms with Crippen molar-refractivity contribution in [1.82, 2.24) is 10.2 Å². The molecule has 0 bridgehead atoms. The summed E-state index contributed by atoms with van der Waals surface area (Å²) in [5.74, 6) is -1.05. The number of para-hydroxylation sites is 2. The Hall–Kier alpha value is -3.14. The van der Waals surface area contributed by atoms with Crippen molar-refractivity contribution in [2.45, 2.75) is 11.3 Å². The number of nitrogens with zero attached hydrogens (tertiary/aromatic N) is 2. The van der Waals surface area contributed by atoms with Crippen molar-refractivity contribution >= 4 is 23.4 Å². The highest BCUT2D eigenvalue weighted by molar-refractivity contribution is 7.99. The molecule has 0 aliphatic carbocycles. The number of carbonyl (C=O) groups is 1. The van der Waals surface area contributed by atoms with E-state index in [0.717, 1.165) is 23.9 Å². The first-order valence-corrected chi connectivity index (χ1v) is 9.16. The van der Waals surface area contributed by atoms with Gasteiger partial charge in [-0.25, -0.2) is 8.78 Å². The van der Waals surface area contributed by atoms with E-state index in [9.17, 15) is 13.6 Å². The topological polar surface area (TPSA) is 86.5 Å². The van der Waals surface area contributed by atoms with Crippen LogP contribution < -0.4 is 14.8 Å². The molecule has 3 aromatic rings. The van der Waals surface area contributed by atoms with E-state index in [1.807, 2.05) is 12.1 Å². The van der Waals surface area contributed by atoms with E-state index >= 15 is 0 Å². The molecular weight excluding hydrogens is 392 g/mol. The molecule has 1 aliphatic rings. The molecule has 28 heavy (non-hydrogen) atoms. The molecule has 0 unspecified atom stereocenters. The van der Waals surface area contributed by atoms with Gasteiger partial charge in [0.15, 0.2) is 23.1 Å². The Bertz CT molecular complexity index is 1010. The van der Waals surface area contributed by atoms with Crippen molar-refractivity contribution in [1.29, 1.82) is 0 Å². The van der Waals surface area contributed by atoms with Crippen molar-refractivity contribution in [2.24, 2.45) is 0 Å². The molecule has 7 nitrogen and oxygen atoms in total. The molecule has 0 saturated carbocycles. The predicted octanol–water partition coefficient (Wildman–Crippen LogP) is 3.59. The zero-order valence-electron chi connectivity index (χ0n) is 14.2. The number of rotatable bonds is 5. The minimum Gasteiger partial charge on any atom is -0.485 e. The number of hydrogen-bond donors (Lipinski definition) is 1. The molecule has 2 aromatic carbocycles. The summed E-state index contributed by atoms with van der Waals surface area (Å²) in [7, 11) is 0. The van der Waals surface area contributed by atoms with Gasteiger partial charge in [-0.2, -0.15) is 0 Å². The predicted molar refractivity (Wildman–Crippen MR) is 95.3 cm³/mol. The molecule has 0 radical (unpaired) electrons. The lowest BCUT2D eigenvalue weighted by Crippen LogP contribution is -2.21. The van der Waals surface area contributed by atoms with Gasteiger partial charge in [0, 0.05) is 11.8 Å². The lowest BCUT2D eigenvalue weighted by molar-refractivity contribution is -0.113. The largest absolute Gasteiger partial charge is 0.485 e. The third-order valence-corrected chi connectivity index (χ3v) is 4.55. The van der Waals surface area contributed by atoms with Crippen LogP contribution >= 0.6 is 11.8 Å². The Balaban J connectivity index is 1.32. The van der Waals surface area contributed by atoms with Gasteiger partial charge in [-0.15, -0.1) is 10.2 Å². The van der Waals surface area contributed by atoms with Crippen molar-refractivity contribution in [3.05, 3.63) is 60.0 Å². The molecule has 0 fully saturated rings. The Morgan fingerprint density at radius 1 is 1.14 bits per heavy atom. The van der Waals surface area contributed by atoms with Crippen LogP contribution in [0.1, 0.15) is 12.0 Å². The average Bonchev–Trinajstić information content (AvgIpc) is 3.18. The Morgan fingerprint density at radius 2 is 1.96 bits per heavy atom. The lowest BCUT2D eigenvalue weighted by Gasteiger charge is -2.23. The third kappa shape index (κ3) is 4.06. The Labute approximate surface area is 162 Å². The van der Waals surface area contributed by atoms with Crippen LogP contribution in [0.5, 0.6) is 11.5 Å². The number of anilines is 1. The molecule has 10 heteroatoms. The SMILES string of the molecule is O=C(CSc1nnc([C@H]2COc3ccccc3O2)o1)Nc1ccc(F)c(F)c1. The van der Waals surface area contributed by atoms with E-state index in [0.29, 0.717) is 11.5 Å². The molecule has 0 saturated heterocycles. The zero-order valence-corrected chi connectivity index (χ0v) is 15.0. The number of hydrogen-bond acceptors (Lipinski definition) is 7. The number of benzene rings is 2. The fourth-order valence-corrected chi connectivity index (χ4v) is 3.02. The first kappa shape index (κ1) is 18.2. The summed E-state index contributed by atoms with van der Waals surface area (Å²) >= 11 is 1.01. The number of ether oxygens (including phenoxy) is 2. The van der Waals surface area contributed by atoms with Gasteiger partial charge in [0.25, 0.3) is 11.1 Å². The molecular formula is C18H13F2N3O4S. The summed E-state index contributed by atoms with van der Waals surface area (Å²) < 4.78 is 43.0. The quantitative estimate of drug-likeness (QED) is 0.649.